The van der Waals surface area contributed by atoms with Crippen molar-refractivity contribution in [3.8, 4) is 0 Å². The molecule has 0 bridgehead atoms. The van der Waals surface area contributed by atoms with Crippen molar-refractivity contribution in [2.45, 2.75) is 12.8 Å². The Labute approximate surface area is 198 Å². The summed E-state index contributed by atoms with van der Waals surface area (Å²) in [6, 6.07) is 34.2. The molecular formula is C26H23N3OsP. The fourth-order valence-electron chi connectivity index (χ4n) is 3.26. The summed E-state index contributed by atoms with van der Waals surface area (Å²) >= 11 is 0. The number of benzene rings is 3. The summed E-state index contributed by atoms with van der Waals surface area (Å²) in [6.07, 6.45) is 7.62. The van der Waals surface area contributed by atoms with Gasteiger partial charge < -0.3 is 10.2 Å². The van der Waals surface area contributed by atoms with Crippen LogP contribution >= 0.6 is 7.92 Å². The van der Waals surface area contributed by atoms with Crippen molar-refractivity contribution >= 4 is 29.5 Å². The summed E-state index contributed by atoms with van der Waals surface area (Å²) in [4.78, 5) is 4.21. The van der Waals surface area contributed by atoms with Gasteiger partial charge in [-0.1, -0.05) is 109 Å². The summed E-state index contributed by atoms with van der Waals surface area (Å²) in [6.45, 7) is 0. The Hall–Kier alpha value is -2.65. The maximum Gasteiger partial charge on any atom is 1.00 e. The molecule has 155 valence electrons. The first kappa shape index (κ1) is 23.0. The van der Waals surface area contributed by atoms with Crippen molar-refractivity contribution in [1.29, 1.82) is 0 Å². The largest absolute Gasteiger partial charge is 1.00 e. The predicted octanol–water partition coefficient (Wildman–Crippen LogP) is 4.58. The second kappa shape index (κ2) is 12.3. The van der Waals surface area contributed by atoms with E-state index in [1.807, 2.05) is 12.3 Å². The molecule has 0 saturated carbocycles. The van der Waals surface area contributed by atoms with E-state index in [2.05, 4.69) is 112 Å². The van der Waals surface area contributed by atoms with E-state index >= 15 is 0 Å². The maximum atomic E-state index is 4.21. The van der Waals surface area contributed by atoms with E-state index in [1.165, 1.54) is 15.9 Å². The molecule has 1 aliphatic rings. The topological polar surface area (TPSA) is 39.4 Å². The normalized spacial score (nSPS) is 12.4. The van der Waals surface area contributed by atoms with Crippen molar-refractivity contribution in [2.24, 2.45) is 4.99 Å². The Bertz CT molecular complexity index is 986. The van der Waals surface area contributed by atoms with Gasteiger partial charge >= 0.3 is 19.8 Å². The fourth-order valence-corrected chi connectivity index (χ4v) is 5.57. The van der Waals surface area contributed by atoms with Gasteiger partial charge in [0.2, 0.25) is 0 Å². The zero-order chi connectivity index (χ0) is 20.4. The van der Waals surface area contributed by atoms with Gasteiger partial charge in [0.1, 0.15) is 0 Å². The standard InChI is InChI=1S/C18H15P.C8H8N3.Os/c1-4-10-16(11-5-1)19(17-12-6-2-7-13-17)18-14-8-3-9-15-18;1-2-5-9-7(3-1)8-4-6-10-11-8;/h1-15H;2,4-6H,1,3H2;/q;-1;+1. The molecule has 4 aromatic rings. The molecule has 0 N–H and O–H groups in total. The second-order valence-corrected chi connectivity index (χ2v) is 8.98. The minimum Gasteiger partial charge on any atom is -0.574 e. The summed E-state index contributed by atoms with van der Waals surface area (Å²) in [5.74, 6) is 0. The summed E-state index contributed by atoms with van der Waals surface area (Å²) in [5.41, 5.74) is 1.96. The van der Waals surface area contributed by atoms with E-state index < -0.39 is 7.92 Å². The van der Waals surface area contributed by atoms with E-state index in [0.29, 0.717) is 0 Å². The molecule has 1 radical (unpaired) electrons. The second-order valence-electron chi connectivity index (χ2n) is 6.76. The summed E-state index contributed by atoms with van der Waals surface area (Å²) in [7, 11) is -0.446. The van der Waals surface area contributed by atoms with E-state index in [4.69, 9.17) is 0 Å². The van der Waals surface area contributed by atoms with Gasteiger partial charge in [-0.2, -0.15) is 0 Å². The summed E-state index contributed by atoms with van der Waals surface area (Å²) < 4.78 is 0. The van der Waals surface area contributed by atoms with Crippen LogP contribution < -0.4 is 21.0 Å². The van der Waals surface area contributed by atoms with Crippen LogP contribution in [0.4, 0.5) is 0 Å². The molecular weight excluding hydrogens is 576 g/mol. The van der Waals surface area contributed by atoms with Crippen molar-refractivity contribution in [1.82, 2.24) is 10.2 Å². The quantitative estimate of drug-likeness (QED) is 0.323. The van der Waals surface area contributed by atoms with Crippen LogP contribution in [0.1, 0.15) is 18.5 Å². The summed E-state index contributed by atoms with van der Waals surface area (Å²) in [5, 5.41) is 11.9. The third-order valence-electron chi connectivity index (χ3n) is 4.69. The van der Waals surface area contributed by atoms with Gasteiger partial charge in [0.25, 0.3) is 0 Å². The Morgan fingerprint density at radius 2 is 1.19 bits per heavy atom. The van der Waals surface area contributed by atoms with Crippen molar-refractivity contribution in [2.75, 3.05) is 0 Å². The first-order chi connectivity index (χ1) is 14.9. The third-order valence-corrected chi connectivity index (χ3v) is 7.13. The number of hydrogen-bond donors (Lipinski definition) is 0. The monoisotopic (exact) mass is 600 g/mol. The Balaban J connectivity index is 0.000000194. The van der Waals surface area contributed by atoms with Crippen LogP contribution in [0.15, 0.2) is 121 Å². The van der Waals surface area contributed by atoms with Gasteiger partial charge in [-0.3, -0.25) is 4.99 Å². The maximum absolute atomic E-state index is 4.21. The molecule has 5 heteroatoms. The average molecular weight is 599 g/mol. The minimum absolute atomic E-state index is 0. The zero-order valence-electron chi connectivity index (χ0n) is 17.0. The van der Waals surface area contributed by atoms with Crippen molar-refractivity contribution < 1.29 is 19.8 Å². The van der Waals surface area contributed by atoms with Crippen LogP contribution in [-0.4, -0.2) is 10.8 Å². The van der Waals surface area contributed by atoms with E-state index in [9.17, 15) is 0 Å². The van der Waals surface area contributed by atoms with Gasteiger partial charge in [0.15, 0.2) is 0 Å². The molecule has 0 fully saturated rings. The molecule has 0 saturated heterocycles. The molecule has 0 atom stereocenters. The number of nitrogens with zero attached hydrogens (tertiary/aromatic N) is 3. The number of rotatable bonds is 4. The van der Waals surface area contributed by atoms with E-state index in [-0.39, 0.29) is 19.8 Å². The molecule has 0 spiro atoms. The van der Waals surface area contributed by atoms with Crippen LogP contribution in [-0.2, 0) is 19.8 Å². The van der Waals surface area contributed by atoms with Gasteiger partial charge in [0, 0.05) is 18.1 Å². The Kier molecular flexibility index (Phi) is 9.10. The Morgan fingerprint density at radius 1 is 0.677 bits per heavy atom. The van der Waals surface area contributed by atoms with Crippen LogP contribution in [0.3, 0.4) is 0 Å². The first-order valence-electron chi connectivity index (χ1n) is 10.0. The number of aliphatic imine (C=N–C) groups is 1. The van der Waals surface area contributed by atoms with Gasteiger partial charge in [-0.15, -0.1) is 0 Å². The van der Waals surface area contributed by atoms with Crippen LogP contribution in [0.5, 0.6) is 0 Å². The van der Waals surface area contributed by atoms with Crippen LogP contribution in [0, 0.1) is 0 Å². The average Bonchev–Trinajstić information content (AvgIpc) is 3.38. The molecule has 3 aromatic carbocycles. The Morgan fingerprint density at radius 3 is 1.58 bits per heavy atom. The predicted molar refractivity (Wildman–Crippen MR) is 128 cm³/mol. The smallest absolute Gasteiger partial charge is 0.574 e. The van der Waals surface area contributed by atoms with Crippen LogP contribution in [0.25, 0.3) is 0 Å². The molecule has 1 aliphatic heterocycles. The van der Waals surface area contributed by atoms with Crippen molar-refractivity contribution in [3.05, 3.63) is 121 Å². The van der Waals surface area contributed by atoms with E-state index in [1.54, 1.807) is 6.20 Å². The number of allylic oxidation sites excluding steroid dienone is 1. The SMILES string of the molecule is C1=CN=C(c2ccn[n-]2)CC1.[Os+].c1ccc(P(c2ccccc2)c2ccccc2)cc1. The molecule has 0 amide bonds. The molecule has 0 aliphatic carbocycles. The van der Waals surface area contributed by atoms with Gasteiger partial charge in [0.05, 0.1) is 0 Å². The molecule has 5 rings (SSSR count). The molecule has 3 nitrogen and oxygen atoms in total. The fraction of sp³-hybridized carbons (Fsp3) is 0.0769. The minimum atomic E-state index is -0.446. The molecule has 0 unspecified atom stereocenters. The molecule has 31 heavy (non-hydrogen) atoms. The number of aromatic nitrogens is 2. The first-order valence-corrected chi connectivity index (χ1v) is 11.4. The third kappa shape index (κ3) is 6.41. The number of hydrogen-bond acceptors (Lipinski definition) is 2. The zero-order valence-corrected chi connectivity index (χ0v) is 20.5. The van der Waals surface area contributed by atoms with Crippen LogP contribution in [0.2, 0.25) is 0 Å². The molecule has 2 heterocycles. The van der Waals surface area contributed by atoms with E-state index in [0.717, 1.165) is 24.2 Å². The van der Waals surface area contributed by atoms with Crippen molar-refractivity contribution in [3.63, 3.8) is 0 Å². The van der Waals surface area contributed by atoms with Gasteiger partial charge in [-0.05, 0) is 36.7 Å². The van der Waals surface area contributed by atoms with Gasteiger partial charge in [-0.25, -0.2) is 0 Å². The molecule has 1 aromatic heterocycles.